The minimum Gasteiger partial charge on any atom is -0.402 e. The Morgan fingerprint density at radius 3 is 2.64 bits per heavy atom. The van der Waals surface area contributed by atoms with E-state index in [2.05, 4.69) is 35.3 Å². The molecule has 3 rings (SSSR count). The van der Waals surface area contributed by atoms with E-state index in [0.717, 1.165) is 5.52 Å². The minimum atomic E-state index is 0. The molecule has 1 radical (unpaired) electrons. The maximum Gasteiger partial charge on any atom is 0 e. The second-order valence-electron chi connectivity index (χ2n) is 3.13. The molecular weight excluding hydrogens is 344 g/mol. The first-order chi connectivity index (χ1) is 6.45. The molecule has 0 aliphatic rings. The summed E-state index contributed by atoms with van der Waals surface area (Å²) in [6, 6.07) is 17.6. The Morgan fingerprint density at radius 1 is 0.929 bits per heavy atom. The fourth-order valence-corrected chi connectivity index (χ4v) is 1.72. The van der Waals surface area contributed by atoms with Crippen LogP contribution in [0.1, 0.15) is 0 Å². The van der Waals surface area contributed by atoms with Crippen molar-refractivity contribution in [3.8, 4) is 0 Å². The Hall–Kier alpha value is -1.10. The van der Waals surface area contributed by atoms with Crippen molar-refractivity contribution in [2.75, 3.05) is 0 Å². The topological polar surface area (TPSA) is 15.8 Å². The van der Waals surface area contributed by atoms with E-state index >= 15 is 0 Å². The smallest absolute Gasteiger partial charge is 0 e. The van der Waals surface area contributed by atoms with Crippen LogP contribution in [0.2, 0.25) is 0 Å². The maximum atomic E-state index is 3.35. The number of fused-ring (bicyclic) bond motifs is 3. The zero-order valence-corrected chi connectivity index (χ0v) is 10.1. The fraction of sp³-hybridized carbons (Fsp3) is 0. The van der Waals surface area contributed by atoms with E-state index in [1.807, 2.05) is 18.2 Å². The third kappa shape index (κ3) is 1.28. The molecule has 0 saturated heterocycles. The summed E-state index contributed by atoms with van der Waals surface area (Å²) in [5, 5.41) is 2.43. The number of nitrogens with one attached hydrogen (secondary N) is 1. The molecule has 0 aliphatic heterocycles. The summed E-state index contributed by atoms with van der Waals surface area (Å²) in [4.78, 5) is 3.35. The first-order valence-electron chi connectivity index (χ1n) is 4.32. The zero-order valence-electron chi connectivity index (χ0n) is 7.42. The van der Waals surface area contributed by atoms with Crippen LogP contribution in [0.25, 0.3) is 21.8 Å². The zero-order chi connectivity index (χ0) is 8.67. The van der Waals surface area contributed by atoms with Gasteiger partial charge in [0.15, 0.2) is 0 Å². The maximum absolute atomic E-state index is 3.35. The van der Waals surface area contributed by atoms with Crippen LogP contribution in [0.5, 0.6) is 0 Å². The van der Waals surface area contributed by atoms with Gasteiger partial charge < -0.3 is 4.98 Å². The molecule has 0 amide bonds. The normalized spacial score (nSPS) is 10.3. The van der Waals surface area contributed by atoms with E-state index in [1.54, 1.807) is 0 Å². The summed E-state index contributed by atoms with van der Waals surface area (Å²) in [7, 11) is 0. The molecule has 0 aliphatic carbocycles. The third-order valence-corrected chi connectivity index (χ3v) is 2.32. The molecule has 3 aromatic rings. The van der Waals surface area contributed by atoms with E-state index in [4.69, 9.17) is 0 Å². The molecule has 2 aromatic carbocycles. The SMILES string of the molecule is [Re].[c-]1cccc2[nH]c3ccccc3c12. The quantitative estimate of drug-likeness (QED) is 0.599. The van der Waals surface area contributed by atoms with Crippen LogP contribution in [0.15, 0.2) is 42.5 Å². The van der Waals surface area contributed by atoms with Gasteiger partial charge in [-0.2, -0.15) is 0 Å². The molecule has 69 valence electrons. The minimum absolute atomic E-state index is 0. The predicted octanol–water partition coefficient (Wildman–Crippen LogP) is 3.12. The summed E-state index contributed by atoms with van der Waals surface area (Å²) in [5.41, 5.74) is 2.34. The molecule has 0 fully saturated rings. The third-order valence-electron chi connectivity index (χ3n) is 2.32. The van der Waals surface area contributed by atoms with Gasteiger partial charge in [0.1, 0.15) is 0 Å². The Bertz CT molecular complexity index is 518. The van der Waals surface area contributed by atoms with E-state index in [-0.39, 0.29) is 20.4 Å². The Kier molecular flexibility index (Phi) is 2.41. The largest absolute Gasteiger partial charge is 0.402 e. The summed E-state index contributed by atoms with van der Waals surface area (Å²) in [6.07, 6.45) is 0. The van der Waals surface area contributed by atoms with Gasteiger partial charge in [-0.05, 0) is 17.1 Å². The average Bonchev–Trinajstić information content (AvgIpc) is 2.56. The van der Waals surface area contributed by atoms with Gasteiger partial charge in [0.2, 0.25) is 0 Å². The molecular formula is C12H8NRe-. The second kappa shape index (κ2) is 3.57. The summed E-state index contributed by atoms with van der Waals surface area (Å²) in [5.74, 6) is 0. The molecule has 0 spiro atoms. The van der Waals surface area contributed by atoms with E-state index in [9.17, 15) is 0 Å². The number of hydrogen-bond acceptors (Lipinski definition) is 0. The molecule has 2 heteroatoms. The Balaban J connectivity index is 0.000000750. The predicted molar refractivity (Wildman–Crippen MR) is 54.6 cm³/mol. The molecule has 0 atom stereocenters. The van der Waals surface area contributed by atoms with Crippen molar-refractivity contribution in [3.05, 3.63) is 48.5 Å². The molecule has 14 heavy (non-hydrogen) atoms. The van der Waals surface area contributed by atoms with Crippen molar-refractivity contribution in [1.29, 1.82) is 0 Å². The molecule has 0 saturated carbocycles. The van der Waals surface area contributed by atoms with Crippen molar-refractivity contribution in [2.45, 2.75) is 0 Å². The van der Waals surface area contributed by atoms with Crippen molar-refractivity contribution in [2.24, 2.45) is 0 Å². The second-order valence-corrected chi connectivity index (χ2v) is 3.13. The van der Waals surface area contributed by atoms with Crippen molar-refractivity contribution < 1.29 is 20.4 Å². The molecule has 1 nitrogen and oxygen atoms in total. The van der Waals surface area contributed by atoms with Gasteiger partial charge in [0.25, 0.3) is 0 Å². The standard InChI is InChI=1S/C12H8N.Re/c1-3-7-11-9(5-1)10-6-2-4-8-12(10)13-11;/h1-5,7-8,13H;/q-1;. The van der Waals surface area contributed by atoms with Crippen LogP contribution in [0.4, 0.5) is 0 Å². The Morgan fingerprint density at radius 2 is 1.71 bits per heavy atom. The van der Waals surface area contributed by atoms with Gasteiger partial charge in [-0.25, -0.2) is 0 Å². The number of hydrogen-bond donors (Lipinski definition) is 1. The van der Waals surface area contributed by atoms with Gasteiger partial charge in [-0.1, -0.05) is 23.6 Å². The number of aromatic amines is 1. The summed E-state index contributed by atoms with van der Waals surface area (Å²) < 4.78 is 0. The molecule has 1 N–H and O–H groups in total. The number of benzene rings is 2. The van der Waals surface area contributed by atoms with Gasteiger partial charge in [-0.15, -0.1) is 29.7 Å². The molecule has 1 aromatic heterocycles. The van der Waals surface area contributed by atoms with E-state index in [1.165, 1.54) is 16.3 Å². The molecule has 1 heterocycles. The van der Waals surface area contributed by atoms with Crippen LogP contribution < -0.4 is 0 Å². The number of rotatable bonds is 0. The van der Waals surface area contributed by atoms with Gasteiger partial charge in [0, 0.05) is 20.4 Å². The summed E-state index contributed by atoms with van der Waals surface area (Å²) in [6.45, 7) is 0. The molecule has 0 bridgehead atoms. The van der Waals surface area contributed by atoms with Crippen LogP contribution in [-0.2, 0) is 20.4 Å². The number of para-hydroxylation sites is 1. The summed E-state index contributed by atoms with van der Waals surface area (Å²) >= 11 is 0. The van der Waals surface area contributed by atoms with Gasteiger partial charge >= 0.3 is 0 Å². The van der Waals surface area contributed by atoms with Crippen molar-refractivity contribution in [3.63, 3.8) is 0 Å². The van der Waals surface area contributed by atoms with Crippen LogP contribution in [0.3, 0.4) is 0 Å². The van der Waals surface area contributed by atoms with Crippen molar-refractivity contribution in [1.82, 2.24) is 4.98 Å². The van der Waals surface area contributed by atoms with Crippen molar-refractivity contribution >= 4 is 21.8 Å². The average molecular weight is 352 g/mol. The van der Waals surface area contributed by atoms with Crippen LogP contribution in [0, 0.1) is 6.07 Å². The van der Waals surface area contributed by atoms with E-state index in [0.29, 0.717) is 0 Å². The molecule has 0 unspecified atom stereocenters. The first kappa shape index (κ1) is 9.46. The number of aromatic nitrogens is 1. The first-order valence-corrected chi connectivity index (χ1v) is 4.32. The monoisotopic (exact) mass is 353 g/mol. The van der Waals surface area contributed by atoms with Gasteiger partial charge in [-0.3, -0.25) is 0 Å². The van der Waals surface area contributed by atoms with Gasteiger partial charge in [0.05, 0.1) is 0 Å². The van der Waals surface area contributed by atoms with Crippen LogP contribution in [-0.4, -0.2) is 4.98 Å². The van der Waals surface area contributed by atoms with Crippen LogP contribution >= 0.6 is 0 Å². The van der Waals surface area contributed by atoms with E-state index < -0.39 is 0 Å². The number of H-pyrrole nitrogens is 1. The fourth-order valence-electron chi connectivity index (χ4n) is 1.72. The Labute approximate surface area is 95.8 Å².